The van der Waals surface area contributed by atoms with E-state index in [-0.39, 0.29) is 24.4 Å². The van der Waals surface area contributed by atoms with Crippen molar-refractivity contribution in [2.75, 3.05) is 6.61 Å². The van der Waals surface area contributed by atoms with Crippen LogP contribution in [0.2, 0.25) is 0 Å². The van der Waals surface area contributed by atoms with Crippen LogP contribution in [0.1, 0.15) is 13.3 Å². The average Bonchev–Trinajstić information content (AvgIpc) is 2.04. The van der Waals surface area contributed by atoms with Crippen LogP contribution in [-0.4, -0.2) is 22.8 Å². The highest BCUT2D eigenvalue weighted by molar-refractivity contribution is 5.88. The largest absolute Gasteiger partial charge is 0.512 e. The van der Waals surface area contributed by atoms with Gasteiger partial charge in [-0.3, -0.25) is 0 Å². The summed E-state index contributed by atoms with van der Waals surface area (Å²) in [6, 6.07) is 0. The molecule has 0 radical (unpaired) electrons. The second-order valence-corrected chi connectivity index (χ2v) is 2.12. The molecule has 0 atom stereocenters. The van der Waals surface area contributed by atoms with Crippen LogP contribution in [0, 0.1) is 0 Å². The topological polar surface area (TPSA) is 66.8 Å². The molecule has 12 heavy (non-hydrogen) atoms. The molecule has 0 aliphatic rings. The molecule has 0 bridgehead atoms. The van der Waals surface area contributed by atoms with Crippen molar-refractivity contribution in [3.63, 3.8) is 0 Å². The molecule has 0 heterocycles. The summed E-state index contributed by atoms with van der Waals surface area (Å²) in [5, 5.41) is 17.5. The van der Waals surface area contributed by atoms with Gasteiger partial charge in [0.1, 0.15) is 5.76 Å². The smallest absolute Gasteiger partial charge is 0.341 e. The van der Waals surface area contributed by atoms with Gasteiger partial charge >= 0.3 is 5.97 Å². The Labute approximate surface area is 70.8 Å². The Kier molecular flexibility index (Phi) is 4.79. The van der Waals surface area contributed by atoms with Crippen LogP contribution in [0.25, 0.3) is 0 Å². The van der Waals surface area contributed by atoms with Crippen LogP contribution >= 0.6 is 0 Å². The molecule has 0 unspecified atom stereocenters. The molecule has 0 fully saturated rings. The van der Waals surface area contributed by atoms with Crippen molar-refractivity contribution < 1.29 is 19.7 Å². The fraction of sp³-hybridized carbons (Fsp3) is 0.375. The average molecular weight is 172 g/mol. The molecule has 0 aromatic heterocycles. The van der Waals surface area contributed by atoms with Gasteiger partial charge in [0, 0.05) is 6.42 Å². The van der Waals surface area contributed by atoms with Crippen LogP contribution in [0.15, 0.2) is 24.2 Å². The maximum atomic E-state index is 10.9. The fourth-order valence-electron chi connectivity index (χ4n) is 0.575. The lowest BCUT2D eigenvalue weighted by atomic mass is 10.2. The molecule has 2 N–H and O–H groups in total. The second-order valence-electron chi connectivity index (χ2n) is 2.12. The van der Waals surface area contributed by atoms with E-state index >= 15 is 0 Å². The molecular weight excluding hydrogens is 160 g/mol. The molecule has 0 saturated carbocycles. The molecule has 0 saturated heterocycles. The number of aliphatic hydroxyl groups is 2. The summed E-state index contributed by atoms with van der Waals surface area (Å²) < 4.78 is 4.40. The van der Waals surface area contributed by atoms with Crippen molar-refractivity contribution in [1.82, 2.24) is 0 Å². The minimum atomic E-state index is -0.657. The molecule has 0 aromatic carbocycles. The number of carbonyl (C=O) groups is 1. The zero-order valence-electron chi connectivity index (χ0n) is 6.91. The van der Waals surface area contributed by atoms with Gasteiger partial charge in [0.2, 0.25) is 0 Å². The quantitative estimate of drug-likeness (QED) is 0.375. The Morgan fingerprint density at radius 3 is 2.67 bits per heavy atom. The summed E-state index contributed by atoms with van der Waals surface area (Å²) in [6.45, 7) is 4.40. The normalized spacial score (nSPS) is 11.8. The monoisotopic (exact) mass is 172 g/mol. The zero-order chi connectivity index (χ0) is 9.56. The molecule has 68 valence electrons. The predicted molar refractivity (Wildman–Crippen MR) is 43.3 cm³/mol. The van der Waals surface area contributed by atoms with E-state index in [0.717, 1.165) is 6.26 Å². The van der Waals surface area contributed by atoms with Crippen LogP contribution in [0.5, 0.6) is 0 Å². The number of carbonyl (C=O) groups excluding carboxylic acids is 1. The van der Waals surface area contributed by atoms with Crippen molar-refractivity contribution in [3.05, 3.63) is 24.2 Å². The van der Waals surface area contributed by atoms with E-state index in [1.807, 2.05) is 0 Å². The summed E-state index contributed by atoms with van der Waals surface area (Å²) in [5.74, 6) is -0.819. The van der Waals surface area contributed by atoms with Gasteiger partial charge in [-0.2, -0.15) is 0 Å². The SMILES string of the molecule is C=COC(=O)C(C)=C(O)CCO. The van der Waals surface area contributed by atoms with E-state index in [4.69, 9.17) is 10.2 Å². The lowest BCUT2D eigenvalue weighted by Gasteiger charge is -2.02. The highest BCUT2D eigenvalue weighted by Crippen LogP contribution is 2.06. The zero-order valence-corrected chi connectivity index (χ0v) is 6.91. The Balaban J connectivity index is 4.31. The highest BCUT2D eigenvalue weighted by Gasteiger charge is 2.09. The molecule has 4 nitrogen and oxygen atoms in total. The molecule has 0 aliphatic heterocycles. The fourth-order valence-corrected chi connectivity index (χ4v) is 0.575. The van der Waals surface area contributed by atoms with E-state index in [2.05, 4.69) is 11.3 Å². The molecule has 0 aromatic rings. The Morgan fingerprint density at radius 1 is 1.67 bits per heavy atom. The molecule has 0 spiro atoms. The number of rotatable bonds is 4. The van der Waals surface area contributed by atoms with Crippen LogP contribution in [0.4, 0.5) is 0 Å². The first-order valence-corrected chi connectivity index (χ1v) is 3.45. The van der Waals surface area contributed by atoms with E-state index in [1.54, 1.807) is 0 Å². The third-order valence-corrected chi connectivity index (χ3v) is 1.28. The summed E-state index contributed by atoms with van der Waals surface area (Å²) in [5.41, 5.74) is 0.0870. The standard InChI is InChI=1S/C8H12O4/c1-3-12-8(11)6(2)7(10)4-5-9/h3,9-10H,1,4-5H2,2H3. The van der Waals surface area contributed by atoms with Gasteiger partial charge in [-0.25, -0.2) is 4.79 Å². The van der Waals surface area contributed by atoms with E-state index in [1.165, 1.54) is 6.92 Å². The number of hydrogen-bond donors (Lipinski definition) is 2. The Bertz CT molecular complexity index is 205. The van der Waals surface area contributed by atoms with Gasteiger partial charge < -0.3 is 14.9 Å². The van der Waals surface area contributed by atoms with E-state index in [0.29, 0.717) is 0 Å². The van der Waals surface area contributed by atoms with Gasteiger partial charge in [0.15, 0.2) is 0 Å². The summed E-state index contributed by atoms with van der Waals surface area (Å²) in [4.78, 5) is 10.9. The first-order valence-electron chi connectivity index (χ1n) is 3.45. The van der Waals surface area contributed by atoms with Crippen molar-refractivity contribution in [2.45, 2.75) is 13.3 Å². The van der Waals surface area contributed by atoms with E-state index in [9.17, 15) is 4.79 Å². The molecular formula is C8H12O4. The van der Waals surface area contributed by atoms with Gasteiger partial charge in [-0.1, -0.05) is 6.58 Å². The summed E-state index contributed by atoms with van der Waals surface area (Å²) in [6.07, 6.45) is 1.04. The second kappa shape index (κ2) is 5.37. The van der Waals surface area contributed by atoms with Crippen molar-refractivity contribution in [1.29, 1.82) is 0 Å². The molecule has 0 rings (SSSR count). The first-order chi connectivity index (χ1) is 5.63. The third kappa shape index (κ3) is 3.21. The summed E-state index contributed by atoms with van der Waals surface area (Å²) >= 11 is 0. The lowest BCUT2D eigenvalue weighted by molar-refractivity contribution is -0.133. The van der Waals surface area contributed by atoms with Crippen molar-refractivity contribution >= 4 is 5.97 Å². The number of ether oxygens (including phenoxy) is 1. The van der Waals surface area contributed by atoms with Gasteiger partial charge in [-0.05, 0) is 6.92 Å². The van der Waals surface area contributed by atoms with Crippen molar-refractivity contribution in [3.8, 4) is 0 Å². The minimum absolute atomic E-state index is 0.0536. The highest BCUT2D eigenvalue weighted by atomic mass is 16.5. The summed E-state index contributed by atoms with van der Waals surface area (Å²) in [7, 11) is 0. The van der Waals surface area contributed by atoms with E-state index < -0.39 is 5.97 Å². The van der Waals surface area contributed by atoms with Crippen LogP contribution < -0.4 is 0 Å². The molecule has 0 aliphatic carbocycles. The number of aliphatic hydroxyl groups excluding tert-OH is 2. The first kappa shape index (κ1) is 10.7. The predicted octanol–water partition coefficient (Wildman–Crippen LogP) is 0.887. The maximum Gasteiger partial charge on any atom is 0.341 e. The Morgan fingerprint density at radius 2 is 2.25 bits per heavy atom. The van der Waals surface area contributed by atoms with Crippen molar-refractivity contribution in [2.24, 2.45) is 0 Å². The van der Waals surface area contributed by atoms with Gasteiger partial charge in [0.05, 0.1) is 18.4 Å². The Hall–Kier alpha value is -1.29. The molecule has 4 heteroatoms. The van der Waals surface area contributed by atoms with Gasteiger partial charge in [0.25, 0.3) is 0 Å². The number of esters is 1. The molecule has 0 amide bonds. The minimum Gasteiger partial charge on any atom is -0.512 e. The van der Waals surface area contributed by atoms with Gasteiger partial charge in [-0.15, -0.1) is 0 Å². The number of hydrogen-bond acceptors (Lipinski definition) is 4. The maximum absolute atomic E-state index is 10.9. The van der Waals surface area contributed by atoms with Crippen LogP contribution in [-0.2, 0) is 9.53 Å². The third-order valence-electron chi connectivity index (χ3n) is 1.28. The lowest BCUT2D eigenvalue weighted by Crippen LogP contribution is -2.05. The van der Waals surface area contributed by atoms with Crippen LogP contribution in [0.3, 0.4) is 0 Å².